The lowest BCUT2D eigenvalue weighted by Gasteiger charge is -2.16. The van der Waals surface area contributed by atoms with Gasteiger partial charge < -0.3 is 15.9 Å². The Hall–Kier alpha value is -2.04. The predicted octanol–water partition coefficient (Wildman–Crippen LogP) is 2.63. The van der Waals surface area contributed by atoms with Gasteiger partial charge in [-0.05, 0) is 23.3 Å². The monoisotopic (exact) mass is 291 g/mol. The zero-order valence-corrected chi connectivity index (χ0v) is 11.3. The highest BCUT2D eigenvalue weighted by Crippen LogP contribution is 2.29. The summed E-state index contributed by atoms with van der Waals surface area (Å²) in [4.78, 5) is 10.8. The first-order chi connectivity index (χ1) is 9.49. The Morgan fingerprint density at radius 3 is 2.45 bits per heavy atom. The van der Waals surface area contributed by atoms with Gasteiger partial charge in [0, 0.05) is 16.3 Å². The van der Waals surface area contributed by atoms with Gasteiger partial charge in [-0.25, -0.2) is 0 Å². The summed E-state index contributed by atoms with van der Waals surface area (Å²) in [7, 11) is 0. The molecule has 2 rings (SSSR count). The molecular formula is C15H14ClNO3. The third-order valence-electron chi connectivity index (χ3n) is 3.05. The van der Waals surface area contributed by atoms with Crippen molar-refractivity contribution in [2.75, 3.05) is 5.73 Å². The molecule has 0 heterocycles. The normalized spacial score (nSPS) is 12.1. The van der Waals surface area contributed by atoms with Gasteiger partial charge in [0.2, 0.25) is 0 Å². The van der Waals surface area contributed by atoms with Crippen molar-refractivity contribution in [3.63, 3.8) is 0 Å². The second-order valence-electron chi connectivity index (χ2n) is 4.44. The number of para-hydroxylation sites is 1. The molecule has 0 unspecified atom stereocenters. The Kier molecular flexibility index (Phi) is 4.27. The van der Waals surface area contributed by atoms with Crippen LogP contribution in [0.15, 0.2) is 42.5 Å². The number of halogens is 1. The van der Waals surface area contributed by atoms with E-state index in [0.29, 0.717) is 27.4 Å². The third-order valence-corrected chi connectivity index (χ3v) is 3.30. The lowest BCUT2D eigenvalue weighted by atomic mass is 9.96. The zero-order valence-electron chi connectivity index (χ0n) is 10.6. The first-order valence-electron chi connectivity index (χ1n) is 6.01. The van der Waals surface area contributed by atoms with Gasteiger partial charge in [-0.15, -0.1) is 0 Å². The Labute approximate surface area is 121 Å². The molecule has 4 nitrogen and oxygen atoms in total. The summed E-state index contributed by atoms with van der Waals surface area (Å²) in [6.45, 7) is 0. The summed E-state index contributed by atoms with van der Waals surface area (Å²) < 4.78 is 0. The summed E-state index contributed by atoms with van der Waals surface area (Å²) in [5.74, 6) is -0.963. The molecule has 0 saturated carbocycles. The van der Waals surface area contributed by atoms with Crippen LogP contribution in [0.25, 0.3) is 0 Å². The number of rotatable bonds is 4. The van der Waals surface area contributed by atoms with Gasteiger partial charge in [-0.2, -0.15) is 0 Å². The fraction of sp³-hybridized carbons (Fsp3) is 0.133. The van der Waals surface area contributed by atoms with Crippen LogP contribution in [-0.4, -0.2) is 16.2 Å². The SMILES string of the molecule is Nc1c(CC(=O)O)cccc1[C@H](O)c1ccc(Cl)cc1. The molecule has 0 saturated heterocycles. The van der Waals surface area contributed by atoms with Gasteiger partial charge in [0.1, 0.15) is 6.10 Å². The number of nitrogens with two attached hydrogens (primary N) is 1. The van der Waals surface area contributed by atoms with Crippen molar-refractivity contribution in [1.82, 2.24) is 0 Å². The Bertz CT molecular complexity index is 626. The highest BCUT2D eigenvalue weighted by atomic mass is 35.5. The van der Waals surface area contributed by atoms with Crippen LogP contribution in [0.2, 0.25) is 5.02 Å². The second-order valence-corrected chi connectivity index (χ2v) is 4.88. The van der Waals surface area contributed by atoms with E-state index < -0.39 is 12.1 Å². The number of hydrogen-bond acceptors (Lipinski definition) is 3. The second kappa shape index (κ2) is 5.94. The molecular weight excluding hydrogens is 278 g/mol. The molecule has 0 amide bonds. The quantitative estimate of drug-likeness (QED) is 0.756. The average molecular weight is 292 g/mol. The van der Waals surface area contributed by atoms with Crippen molar-refractivity contribution in [3.8, 4) is 0 Å². The van der Waals surface area contributed by atoms with Crippen LogP contribution >= 0.6 is 11.6 Å². The molecule has 1 atom stereocenters. The first kappa shape index (κ1) is 14.4. The number of carboxylic acids is 1. The maximum Gasteiger partial charge on any atom is 0.307 e. The van der Waals surface area contributed by atoms with Crippen LogP contribution in [0, 0.1) is 0 Å². The number of carboxylic acid groups (broad SMARTS) is 1. The third kappa shape index (κ3) is 3.10. The number of aliphatic hydroxyl groups is 1. The zero-order chi connectivity index (χ0) is 14.7. The summed E-state index contributed by atoms with van der Waals surface area (Å²) in [5.41, 5.74) is 7.88. The lowest BCUT2D eigenvalue weighted by molar-refractivity contribution is -0.136. The van der Waals surface area contributed by atoms with Gasteiger partial charge in [0.15, 0.2) is 0 Å². The summed E-state index contributed by atoms with van der Waals surface area (Å²) >= 11 is 5.80. The molecule has 0 aliphatic rings. The fourth-order valence-electron chi connectivity index (χ4n) is 2.01. The number of benzene rings is 2. The van der Waals surface area contributed by atoms with Crippen molar-refractivity contribution in [3.05, 3.63) is 64.2 Å². The molecule has 0 aliphatic heterocycles. The standard InChI is InChI=1S/C15H14ClNO3/c16-11-6-4-9(5-7-11)15(20)12-3-1-2-10(14(12)17)8-13(18)19/h1-7,15,20H,8,17H2,(H,18,19)/t15-/m1/s1. The Morgan fingerprint density at radius 1 is 1.20 bits per heavy atom. The van der Waals surface area contributed by atoms with Crippen molar-refractivity contribution in [2.45, 2.75) is 12.5 Å². The van der Waals surface area contributed by atoms with E-state index in [0.717, 1.165) is 0 Å². The van der Waals surface area contributed by atoms with Gasteiger partial charge >= 0.3 is 5.97 Å². The molecule has 0 bridgehead atoms. The molecule has 0 radical (unpaired) electrons. The molecule has 2 aromatic rings. The van der Waals surface area contributed by atoms with Crippen LogP contribution in [0.3, 0.4) is 0 Å². The smallest absolute Gasteiger partial charge is 0.307 e. The van der Waals surface area contributed by atoms with E-state index in [1.54, 1.807) is 42.5 Å². The van der Waals surface area contributed by atoms with Crippen LogP contribution < -0.4 is 5.73 Å². The van der Waals surface area contributed by atoms with E-state index in [2.05, 4.69) is 0 Å². The van der Waals surface area contributed by atoms with Crippen LogP contribution in [0.5, 0.6) is 0 Å². The average Bonchev–Trinajstić information content (AvgIpc) is 2.41. The molecule has 5 heteroatoms. The number of carbonyl (C=O) groups is 1. The molecule has 0 aliphatic carbocycles. The minimum absolute atomic E-state index is 0.174. The van der Waals surface area contributed by atoms with Gasteiger partial charge in [-0.3, -0.25) is 4.79 Å². The lowest BCUT2D eigenvalue weighted by Crippen LogP contribution is -2.09. The molecule has 4 N–H and O–H groups in total. The molecule has 0 spiro atoms. The maximum atomic E-state index is 10.8. The topological polar surface area (TPSA) is 83.6 Å². The minimum atomic E-state index is -0.963. The molecule has 20 heavy (non-hydrogen) atoms. The summed E-state index contributed by atoms with van der Waals surface area (Å²) in [6.07, 6.45) is -1.09. The largest absolute Gasteiger partial charge is 0.481 e. The minimum Gasteiger partial charge on any atom is -0.481 e. The molecule has 104 valence electrons. The number of aliphatic hydroxyl groups excluding tert-OH is 1. The Morgan fingerprint density at radius 2 is 1.85 bits per heavy atom. The molecule has 0 aromatic heterocycles. The van der Waals surface area contributed by atoms with Gasteiger partial charge in [-0.1, -0.05) is 41.9 Å². The van der Waals surface area contributed by atoms with E-state index in [9.17, 15) is 9.90 Å². The van der Waals surface area contributed by atoms with Crippen molar-refractivity contribution in [2.24, 2.45) is 0 Å². The molecule has 0 fully saturated rings. The van der Waals surface area contributed by atoms with E-state index in [4.69, 9.17) is 22.4 Å². The van der Waals surface area contributed by atoms with Gasteiger partial charge in [0.25, 0.3) is 0 Å². The van der Waals surface area contributed by atoms with Crippen molar-refractivity contribution >= 4 is 23.3 Å². The van der Waals surface area contributed by atoms with Crippen LogP contribution in [0.4, 0.5) is 5.69 Å². The van der Waals surface area contributed by atoms with Crippen LogP contribution in [-0.2, 0) is 11.2 Å². The Balaban J connectivity index is 2.37. The number of aliphatic carboxylic acids is 1. The summed E-state index contributed by atoms with van der Waals surface area (Å²) in [6, 6.07) is 11.8. The summed E-state index contributed by atoms with van der Waals surface area (Å²) in [5, 5.41) is 19.8. The highest BCUT2D eigenvalue weighted by Gasteiger charge is 2.16. The fourth-order valence-corrected chi connectivity index (χ4v) is 2.14. The van der Waals surface area contributed by atoms with E-state index in [1.807, 2.05) is 0 Å². The van der Waals surface area contributed by atoms with E-state index in [1.165, 1.54) is 0 Å². The van der Waals surface area contributed by atoms with E-state index >= 15 is 0 Å². The van der Waals surface area contributed by atoms with E-state index in [-0.39, 0.29) is 6.42 Å². The molecule has 2 aromatic carbocycles. The maximum absolute atomic E-state index is 10.8. The number of nitrogen functional groups attached to an aromatic ring is 1. The van der Waals surface area contributed by atoms with Crippen molar-refractivity contribution < 1.29 is 15.0 Å². The van der Waals surface area contributed by atoms with Crippen molar-refractivity contribution in [1.29, 1.82) is 0 Å². The number of anilines is 1. The van der Waals surface area contributed by atoms with Gasteiger partial charge in [0.05, 0.1) is 6.42 Å². The number of hydrogen-bond donors (Lipinski definition) is 3. The van der Waals surface area contributed by atoms with Crippen LogP contribution in [0.1, 0.15) is 22.8 Å². The first-order valence-corrected chi connectivity index (χ1v) is 6.39. The predicted molar refractivity (Wildman–Crippen MR) is 77.7 cm³/mol. The highest BCUT2D eigenvalue weighted by molar-refractivity contribution is 6.30.